The summed E-state index contributed by atoms with van der Waals surface area (Å²) >= 11 is 6.19. The molecular formula is C17H17ClO2. The molecule has 0 atom stereocenters. The first-order chi connectivity index (χ1) is 9.38. The van der Waals surface area contributed by atoms with Crippen molar-refractivity contribution in [2.24, 2.45) is 0 Å². The summed E-state index contributed by atoms with van der Waals surface area (Å²) in [6.07, 6.45) is 0. The largest absolute Gasteiger partial charge is 0.423 e. The molecule has 0 aromatic heterocycles. The third kappa shape index (κ3) is 3.40. The highest BCUT2D eigenvalue weighted by Gasteiger charge is 2.20. The Morgan fingerprint density at radius 3 is 2.30 bits per heavy atom. The highest BCUT2D eigenvalue weighted by atomic mass is 35.5. The normalized spacial score (nSPS) is 11.2. The number of hydrogen-bond donors (Lipinski definition) is 0. The molecular weight excluding hydrogens is 272 g/mol. The predicted octanol–water partition coefficient (Wildman–Crippen LogP) is 4.86. The number of carbonyl (C=O) groups excluding carboxylic acids is 1. The summed E-state index contributed by atoms with van der Waals surface area (Å²) in [4.78, 5) is 12.1. The lowest BCUT2D eigenvalue weighted by Crippen LogP contribution is -2.15. The van der Waals surface area contributed by atoms with Crippen LogP contribution in [0.25, 0.3) is 0 Å². The van der Waals surface area contributed by atoms with Crippen LogP contribution in [0, 0.1) is 0 Å². The van der Waals surface area contributed by atoms with E-state index >= 15 is 0 Å². The summed E-state index contributed by atoms with van der Waals surface area (Å²) in [5.74, 6) is 0.156. The van der Waals surface area contributed by atoms with E-state index in [1.54, 1.807) is 30.3 Å². The topological polar surface area (TPSA) is 26.3 Å². The maximum absolute atomic E-state index is 12.1. The van der Waals surface area contributed by atoms with Gasteiger partial charge in [-0.1, -0.05) is 50.6 Å². The predicted molar refractivity (Wildman–Crippen MR) is 81.6 cm³/mol. The van der Waals surface area contributed by atoms with Crippen LogP contribution >= 0.6 is 11.6 Å². The molecule has 0 fully saturated rings. The van der Waals surface area contributed by atoms with Crippen molar-refractivity contribution in [3.05, 3.63) is 64.7 Å². The Bertz CT molecular complexity index is 613. The van der Waals surface area contributed by atoms with Crippen LogP contribution in [0.3, 0.4) is 0 Å². The number of esters is 1. The monoisotopic (exact) mass is 288 g/mol. The average Bonchev–Trinajstić information content (AvgIpc) is 2.39. The van der Waals surface area contributed by atoms with Gasteiger partial charge in [-0.3, -0.25) is 0 Å². The molecule has 20 heavy (non-hydrogen) atoms. The summed E-state index contributed by atoms with van der Waals surface area (Å²) in [6.45, 7) is 6.17. The molecule has 0 spiro atoms. The first-order valence-electron chi connectivity index (χ1n) is 6.45. The van der Waals surface area contributed by atoms with E-state index < -0.39 is 0 Å². The van der Waals surface area contributed by atoms with Crippen molar-refractivity contribution >= 4 is 17.6 Å². The third-order valence-corrected chi connectivity index (χ3v) is 3.29. The number of benzene rings is 2. The Morgan fingerprint density at radius 2 is 1.70 bits per heavy atom. The highest BCUT2D eigenvalue weighted by Crippen LogP contribution is 2.30. The maximum atomic E-state index is 12.1. The van der Waals surface area contributed by atoms with Crippen LogP contribution in [0.2, 0.25) is 5.02 Å². The lowest BCUT2D eigenvalue weighted by molar-refractivity contribution is 0.0734. The smallest absolute Gasteiger partial charge is 0.343 e. The maximum Gasteiger partial charge on any atom is 0.343 e. The van der Waals surface area contributed by atoms with Gasteiger partial charge in [-0.2, -0.15) is 0 Å². The summed E-state index contributed by atoms with van der Waals surface area (Å²) in [7, 11) is 0. The minimum absolute atomic E-state index is 0.125. The summed E-state index contributed by atoms with van der Waals surface area (Å²) in [6, 6.07) is 14.2. The molecule has 2 aromatic carbocycles. The van der Waals surface area contributed by atoms with Gasteiger partial charge in [0.2, 0.25) is 0 Å². The van der Waals surface area contributed by atoms with E-state index in [0.717, 1.165) is 5.56 Å². The molecule has 0 heterocycles. The van der Waals surface area contributed by atoms with Crippen molar-refractivity contribution in [1.82, 2.24) is 0 Å². The molecule has 3 heteroatoms. The van der Waals surface area contributed by atoms with Gasteiger partial charge in [0.15, 0.2) is 0 Å². The van der Waals surface area contributed by atoms with Gasteiger partial charge in [0, 0.05) is 5.02 Å². The zero-order valence-electron chi connectivity index (χ0n) is 11.8. The molecule has 0 saturated carbocycles. The Kier molecular flexibility index (Phi) is 4.15. The molecule has 0 aliphatic rings. The Balaban J connectivity index is 2.27. The van der Waals surface area contributed by atoms with Crippen molar-refractivity contribution in [2.45, 2.75) is 26.2 Å². The third-order valence-electron chi connectivity index (χ3n) is 2.96. The van der Waals surface area contributed by atoms with E-state index in [0.29, 0.717) is 16.3 Å². The molecule has 0 amide bonds. The van der Waals surface area contributed by atoms with Gasteiger partial charge >= 0.3 is 5.97 Å². The van der Waals surface area contributed by atoms with E-state index in [9.17, 15) is 4.79 Å². The van der Waals surface area contributed by atoms with Crippen LogP contribution in [-0.4, -0.2) is 5.97 Å². The van der Waals surface area contributed by atoms with Crippen LogP contribution in [0.5, 0.6) is 5.75 Å². The molecule has 0 saturated heterocycles. The first kappa shape index (κ1) is 14.6. The fraction of sp³-hybridized carbons (Fsp3) is 0.235. The molecule has 0 N–H and O–H groups in total. The number of carbonyl (C=O) groups is 1. The van der Waals surface area contributed by atoms with Crippen molar-refractivity contribution in [1.29, 1.82) is 0 Å². The quantitative estimate of drug-likeness (QED) is 0.583. The zero-order valence-corrected chi connectivity index (χ0v) is 12.6. The molecule has 0 aliphatic carbocycles. The molecule has 0 radical (unpaired) electrons. The van der Waals surface area contributed by atoms with E-state index in [4.69, 9.17) is 16.3 Å². The molecule has 2 rings (SSSR count). The Labute approximate surface area is 124 Å². The van der Waals surface area contributed by atoms with Crippen molar-refractivity contribution < 1.29 is 9.53 Å². The van der Waals surface area contributed by atoms with Gasteiger partial charge in [0.25, 0.3) is 0 Å². The van der Waals surface area contributed by atoms with E-state index in [1.807, 2.05) is 18.2 Å². The highest BCUT2D eigenvalue weighted by molar-refractivity contribution is 6.31. The van der Waals surface area contributed by atoms with Gasteiger partial charge in [-0.25, -0.2) is 4.79 Å². The van der Waals surface area contributed by atoms with Crippen LogP contribution in [0.4, 0.5) is 0 Å². The summed E-state index contributed by atoms with van der Waals surface area (Å²) < 4.78 is 5.33. The molecule has 2 aromatic rings. The number of para-hydroxylation sites is 1. The number of ether oxygens (including phenoxy) is 1. The zero-order chi connectivity index (χ0) is 14.8. The fourth-order valence-electron chi connectivity index (χ4n) is 1.88. The molecule has 104 valence electrons. The second kappa shape index (κ2) is 5.68. The Morgan fingerprint density at radius 1 is 1.05 bits per heavy atom. The van der Waals surface area contributed by atoms with Crippen LogP contribution in [-0.2, 0) is 5.41 Å². The molecule has 0 bridgehead atoms. The van der Waals surface area contributed by atoms with Crippen molar-refractivity contribution in [3.63, 3.8) is 0 Å². The molecule has 2 nitrogen and oxygen atoms in total. The van der Waals surface area contributed by atoms with Crippen molar-refractivity contribution in [3.8, 4) is 5.75 Å². The van der Waals surface area contributed by atoms with E-state index in [2.05, 4.69) is 20.8 Å². The minimum atomic E-state index is -0.377. The SMILES string of the molecule is CC(C)(C)c1cc(C(=O)Oc2ccccc2)ccc1Cl. The van der Waals surface area contributed by atoms with Gasteiger partial charge in [0.05, 0.1) is 5.56 Å². The standard InChI is InChI=1S/C17H17ClO2/c1-17(2,3)14-11-12(9-10-15(14)18)16(19)20-13-7-5-4-6-8-13/h4-11H,1-3H3. The lowest BCUT2D eigenvalue weighted by Gasteiger charge is -2.21. The van der Waals surface area contributed by atoms with Crippen LogP contribution in [0.1, 0.15) is 36.7 Å². The second-order valence-electron chi connectivity index (χ2n) is 5.65. The summed E-state index contributed by atoms with van der Waals surface area (Å²) in [5, 5.41) is 0.661. The summed E-state index contributed by atoms with van der Waals surface area (Å²) in [5.41, 5.74) is 1.31. The van der Waals surface area contributed by atoms with Crippen LogP contribution in [0.15, 0.2) is 48.5 Å². The van der Waals surface area contributed by atoms with Gasteiger partial charge in [0.1, 0.15) is 5.75 Å². The lowest BCUT2D eigenvalue weighted by atomic mass is 9.86. The average molecular weight is 289 g/mol. The van der Waals surface area contributed by atoms with Gasteiger partial charge in [-0.15, -0.1) is 0 Å². The number of hydrogen-bond acceptors (Lipinski definition) is 2. The van der Waals surface area contributed by atoms with E-state index in [-0.39, 0.29) is 11.4 Å². The number of halogens is 1. The van der Waals surface area contributed by atoms with E-state index in [1.165, 1.54) is 0 Å². The first-order valence-corrected chi connectivity index (χ1v) is 6.83. The van der Waals surface area contributed by atoms with Crippen molar-refractivity contribution in [2.75, 3.05) is 0 Å². The Hall–Kier alpha value is -1.80. The van der Waals surface area contributed by atoms with Gasteiger partial charge in [-0.05, 0) is 41.3 Å². The van der Waals surface area contributed by atoms with Gasteiger partial charge < -0.3 is 4.74 Å². The fourth-order valence-corrected chi connectivity index (χ4v) is 2.28. The molecule has 0 aliphatic heterocycles. The number of rotatable bonds is 2. The minimum Gasteiger partial charge on any atom is -0.423 e. The van der Waals surface area contributed by atoms with Crippen LogP contribution < -0.4 is 4.74 Å². The second-order valence-corrected chi connectivity index (χ2v) is 6.05. The molecule has 0 unspecified atom stereocenters.